The van der Waals surface area contributed by atoms with Gasteiger partial charge in [0, 0.05) is 0 Å². The van der Waals surface area contributed by atoms with Crippen LogP contribution in [-0.4, -0.2) is 16.1 Å². The summed E-state index contributed by atoms with van der Waals surface area (Å²) in [4.78, 5) is 14.6. The Morgan fingerprint density at radius 3 is 2.87 bits per heavy atom. The van der Waals surface area contributed by atoms with Crippen LogP contribution in [0.15, 0.2) is 15.9 Å². The molecule has 1 N–H and O–H groups in total. The molecule has 0 spiro atoms. The first-order chi connectivity index (χ1) is 7.09. The van der Waals surface area contributed by atoms with Crippen molar-refractivity contribution in [1.29, 1.82) is 0 Å². The molecule has 0 atom stereocenters. The second-order valence-corrected chi connectivity index (χ2v) is 3.74. The molecule has 4 nitrogen and oxygen atoms in total. The van der Waals surface area contributed by atoms with Crippen molar-refractivity contribution in [2.75, 3.05) is 0 Å². The smallest absolute Gasteiger partial charge is 0.358 e. The van der Waals surface area contributed by atoms with Crippen molar-refractivity contribution in [3.63, 3.8) is 0 Å². The lowest BCUT2D eigenvalue weighted by molar-refractivity contribution is 0.0689. The zero-order chi connectivity index (χ0) is 11.0. The van der Waals surface area contributed by atoms with Gasteiger partial charge >= 0.3 is 5.97 Å². The van der Waals surface area contributed by atoms with E-state index in [9.17, 15) is 9.18 Å². The second-order valence-electron chi connectivity index (χ2n) is 2.83. The number of aromatic nitrogens is 1. The fourth-order valence-electron chi connectivity index (χ4n) is 1.14. The molecular formula is C9H6FNO3S. The highest BCUT2D eigenvalue weighted by atomic mass is 32.1. The molecule has 0 unspecified atom stereocenters. The number of aromatic carboxylic acids is 1. The normalized spacial score (nSPS) is 10.5. The summed E-state index contributed by atoms with van der Waals surface area (Å²) >= 11 is 1.11. The van der Waals surface area contributed by atoms with Crippen LogP contribution in [0.3, 0.4) is 0 Å². The molecule has 2 heterocycles. The summed E-state index contributed by atoms with van der Waals surface area (Å²) in [5, 5.41) is 10.3. The van der Waals surface area contributed by atoms with E-state index in [-0.39, 0.29) is 22.2 Å². The Morgan fingerprint density at radius 1 is 1.67 bits per heavy atom. The summed E-state index contributed by atoms with van der Waals surface area (Å²) in [6.07, 6.45) is 0. The maximum Gasteiger partial charge on any atom is 0.358 e. The number of carbonyl (C=O) groups is 1. The molecule has 0 amide bonds. The molecule has 0 saturated heterocycles. The number of rotatable bonds is 2. The van der Waals surface area contributed by atoms with E-state index in [2.05, 4.69) is 4.98 Å². The average Bonchev–Trinajstić information content (AvgIpc) is 2.71. The molecular weight excluding hydrogens is 221 g/mol. The van der Waals surface area contributed by atoms with Crippen LogP contribution in [0.25, 0.3) is 10.8 Å². The van der Waals surface area contributed by atoms with Gasteiger partial charge in [-0.05, 0) is 18.4 Å². The largest absolute Gasteiger partial charge is 0.476 e. The number of aryl methyl sites for hydroxylation is 1. The lowest BCUT2D eigenvalue weighted by Gasteiger charge is -1.87. The molecule has 2 rings (SSSR count). The van der Waals surface area contributed by atoms with Crippen LogP contribution >= 0.6 is 11.3 Å². The molecule has 0 bridgehead atoms. The summed E-state index contributed by atoms with van der Waals surface area (Å²) in [5.74, 6) is -1.46. The Kier molecular flexibility index (Phi) is 2.28. The van der Waals surface area contributed by atoms with Crippen LogP contribution in [-0.2, 0) is 0 Å². The van der Waals surface area contributed by atoms with Gasteiger partial charge in [-0.3, -0.25) is 0 Å². The van der Waals surface area contributed by atoms with Crippen molar-refractivity contribution in [3.05, 3.63) is 28.7 Å². The van der Waals surface area contributed by atoms with Crippen molar-refractivity contribution in [2.45, 2.75) is 6.92 Å². The third-order valence-electron chi connectivity index (χ3n) is 1.81. The van der Waals surface area contributed by atoms with Gasteiger partial charge in [0.1, 0.15) is 16.5 Å². The van der Waals surface area contributed by atoms with E-state index in [1.54, 1.807) is 5.38 Å². The lowest BCUT2D eigenvalue weighted by atomic mass is 10.4. The first-order valence-electron chi connectivity index (χ1n) is 4.03. The summed E-state index contributed by atoms with van der Waals surface area (Å²) in [7, 11) is 0. The monoisotopic (exact) mass is 227 g/mol. The van der Waals surface area contributed by atoms with Crippen LogP contribution < -0.4 is 0 Å². The Morgan fingerprint density at radius 2 is 2.40 bits per heavy atom. The molecule has 0 fully saturated rings. The maximum atomic E-state index is 13.1. The van der Waals surface area contributed by atoms with Gasteiger partial charge in [-0.2, -0.15) is 0 Å². The molecule has 0 aliphatic rings. The van der Waals surface area contributed by atoms with Crippen LogP contribution in [0, 0.1) is 12.7 Å². The predicted molar refractivity (Wildman–Crippen MR) is 51.5 cm³/mol. The number of nitrogens with zero attached hydrogens (tertiary/aromatic N) is 1. The lowest BCUT2D eigenvalue weighted by Crippen LogP contribution is -1.98. The van der Waals surface area contributed by atoms with E-state index >= 15 is 0 Å². The molecule has 2 aromatic heterocycles. The Labute approximate surface area is 88.0 Å². The van der Waals surface area contributed by atoms with Gasteiger partial charge in [0.05, 0.1) is 0 Å². The summed E-state index contributed by atoms with van der Waals surface area (Å²) in [5.41, 5.74) is -0.183. The van der Waals surface area contributed by atoms with Crippen molar-refractivity contribution in [1.82, 2.24) is 4.98 Å². The molecule has 0 radical (unpaired) electrons. The highest BCUT2D eigenvalue weighted by Crippen LogP contribution is 2.28. The Hall–Kier alpha value is -1.69. The highest BCUT2D eigenvalue weighted by molar-refractivity contribution is 7.13. The minimum atomic E-state index is -1.18. The van der Waals surface area contributed by atoms with Crippen LogP contribution in [0.5, 0.6) is 0 Å². The van der Waals surface area contributed by atoms with E-state index in [1.807, 2.05) is 0 Å². The van der Waals surface area contributed by atoms with Crippen molar-refractivity contribution >= 4 is 17.3 Å². The number of hydrogen-bond donors (Lipinski definition) is 1. The Bertz CT molecular complexity index is 517. The molecule has 0 saturated carbocycles. The molecule has 0 aliphatic carbocycles. The number of halogens is 1. The van der Waals surface area contributed by atoms with Gasteiger partial charge in [0.25, 0.3) is 0 Å². The average molecular weight is 227 g/mol. The molecule has 0 aromatic carbocycles. The van der Waals surface area contributed by atoms with Crippen molar-refractivity contribution in [3.8, 4) is 10.8 Å². The first kappa shape index (κ1) is 9.85. The van der Waals surface area contributed by atoms with Gasteiger partial charge in [0.2, 0.25) is 5.89 Å². The van der Waals surface area contributed by atoms with Crippen LogP contribution in [0.4, 0.5) is 4.39 Å². The van der Waals surface area contributed by atoms with Gasteiger partial charge in [0.15, 0.2) is 5.69 Å². The second kappa shape index (κ2) is 3.47. The molecule has 6 heteroatoms. The van der Waals surface area contributed by atoms with Gasteiger partial charge < -0.3 is 9.52 Å². The fourth-order valence-corrected chi connectivity index (χ4v) is 1.83. The zero-order valence-corrected chi connectivity index (χ0v) is 8.47. The summed E-state index contributed by atoms with van der Waals surface area (Å²) in [6, 6.07) is 1.28. The summed E-state index contributed by atoms with van der Waals surface area (Å²) in [6.45, 7) is 1.48. The fraction of sp³-hybridized carbons (Fsp3) is 0.111. The zero-order valence-electron chi connectivity index (χ0n) is 7.65. The number of carboxylic acid groups (broad SMARTS) is 1. The molecule has 2 aromatic rings. The topological polar surface area (TPSA) is 63.3 Å². The van der Waals surface area contributed by atoms with Gasteiger partial charge in [-0.1, -0.05) is 0 Å². The van der Waals surface area contributed by atoms with E-state index in [0.29, 0.717) is 0 Å². The Balaban J connectivity index is 2.52. The highest BCUT2D eigenvalue weighted by Gasteiger charge is 2.19. The molecule has 15 heavy (non-hydrogen) atoms. The van der Waals surface area contributed by atoms with E-state index < -0.39 is 11.8 Å². The van der Waals surface area contributed by atoms with E-state index in [4.69, 9.17) is 9.52 Å². The third kappa shape index (κ3) is 1.63. The van der Waals surface area contributed by atoms with Crippen molar-refractivity contribution < 1.29 is 18.7 Å². The van der Waals surface area contributed by atoms with Crippen LogP contribution in [0.1, 0.15) is 16.2 Å². The van der Waals surface area contributed by atoms with Gasteiger partial charge in [-0.25, -0.2) is 14.2 Å². The minimum absolute atomic E-state index is 0.0115. The third-order valence-corrected chi connectivity index (χ3v) is 2.69. The number of oxazole rings is 1. The number of thiophene rings is 1. The van der Waals surface area contributed by atoms with Gasteiger partial charge in [-0.15, -0.1) is 11.3 Å². The standard InChI is InChI=1S/C9H6FNO3S/c1-4-6(9(12)13)11-8(14-4)7-5(10)2-3-15-7/h2-3H,1H3,(H,12,13). The van der Waals surface area contributed by atoms with Crippen LogP contribution in [0.2, 0.25) is 0 Å². The number of hydrogen-bond acceptors (Lipinski definition) is 4. The first-order valence-corrected chi connectivity index (χ1v) is 4.91. The quantitative estimate of drug-likeness (QED) is 0.856. The SMILES string of the molecule is Cc1oc(-c2sccc2F)nc1C(=O)O. The minimum Gasteiger partial charge on any atom is -0.476 e. The molecule has 78 valence electrons. The number of carboxylic acids is 1. The summed E-state index contributed by atoms with van der Waals surface area (Å²) < 4.78 is 18.2. The molecule has 0 aliphatic heterocycles. The predicted octanol–water partition coefficient (Wildman–Crippen LogP) is 2.55. The van der Waals surface area contributed by atoms with Crippen molar-refractivity contribution in [2.24, 2.45) is 0 Å². The van der Waals surface area contributed by atoms with E-state index in [1.165, 1.54) is 13.0 Å². The van der Waals surface area contributed by atoms with E-state index in [0.717, 1.165) is 11.3 Å². The maximum absolute atomic E-state index is 13.1.